The Morgan fingerprint density at radius 2 is 2.10 bits per heavy atom. The van der Waals surface area contributed by atoms with E-state index in [1.807, 2.05) is 16.9 Å². The smallest absolute Gasteiger partial charge is 0.138 e. The van der Waals surface area contributed by atoms with Gasteiger partial charge in [-0.25, -0.2) is 4.98 Å². The molecule has 2 aromatic heterocycles. The standard InChI is InChI=1S/C16H25N5/c1-4-10-21-15(19-12-20-21)11-14(17-6-3)16-13(5-2)8-7-9-18-16/h7-9,12,14,17H,4-6,10-11H2,1-3H3. The molecule has 1 N–H and O–H groups in total. The van der Waals surface area contributed by atoms with Crippen molar-refractivity contribution in [1.82, 2.24) is 25.1 Å². The first-order valence-electron chi connectivity index (χ1n) is 7.83. The molecule has 21 heavy (non-hydrogen) atoms. The Bertz CT molecular complexity index is 549. The molecule has 1 atom stereocenters. The Morgan fingerprint density at radius 3 is 2.81 bits per heavy atom. The zero-order chi connectivity index (χ0) is 15.1. The minimum Gasteiger partial charge on any atom is -0.309 e. The summed E-state index contributed by atoms with van der Waals surface area (Å²) >= 11 is 0. The van der Waals surface area contributed by atoms with Crippen molar-refractivity contribution in [3.8, 4) is 0 Å². The van der Waals surface area contributed by atoms with Gasteiger partial charge in [-0.1, -0.05) is 26.8 Å². The number of aromatic nitrogens is 4. The van der Waals surface area contributed by atoms with Crippen LogP contribution in [-0.2, 0) is 19.4 Å². The molecule has 0 aromatic carbocycles. The molecule has 5 heteroatoms. The molecule has 0 radical (unpaired) electrons. The van der Waals surface area contributed by atoms with Gasteiger partial charge in [-0.3, -0.25) is 9.67 Å². The number of hydrogen-bond donors (Lipinski definition) is 1. The second-order valence-corrected chi connectivity index (χ2v) is 5.12. The molecule has 0 amide bonds. The molecule has 0 aliphatic heterocycles. The van der Waals surface area contributed by atoms with Gasteiger partial charge in [0.15, 0.2) is 0 Å². The Kier molecular flexibility index (Phi) is 5.87. The number of aryl methyl sites for hydroxylation is 2. The van der Waals surface area contributed by atoms with Crippen LogP contribution in [0.3, 0.4) is 0 Å². The van der Waals surface area contributed by atoms with Crippen molar-refractivity contribution in [2.45, 2.75) is 52.6 Å². The number of pyridine rings is 1. The van der Waals surface area contributed by atoms with Gasteiger partial charge in [-0.05, 0) is 31.0 Å². The summed E-state index contributed by atoms with van der Waals surface area (Å²) in [6.07, 6.45) is 6.39. The highest BCUT2D eigenvalue weighted by Crippen LogP contribution is 2.19. The summed E-state index contributed by atoms with van der Waals surface area (Å²) in [4.78, 5) is 9.03. The molecule has 1 unspecified atom stereocenters. The van der Waals surface area contributed by atoms with Crippen LogP contribution in [-0.4, -0.2) is 26.3 Å². The van der Waals surface area contributed by atoms with Gasteiger partial charge in [0.1, 0.15) is 12.2 Å². The topological polar surface area (TPSA) is 55.6 Å². The highest BCUT2D eigenvalue weighted by atomic mass is 15.3. The van der Waals surface area contributed by atoms with Crippen molar-refractivity contribution in [2.24, 2.45) is 0 Å². The van der Waals surface area contributed by atoms with E-state index in [1.54, 1.807) is 6.33 Å². The van der Waals surface area contributed by atoms with Crippen LogP contribution in [0.5, 0.6) is 0 Å². The molecule has 2 heterocycles. The van der Waals surface area contributed by atoms with Crippen LogP contribution in [0.4, 0.5) is 0 Å². The molecular formula is C16H25N5. The largest absolute Gasteiger partial charge is 0.309 e. The normalized spacial score (nSPS) is 12.5. The summed E-state index contributed by atoms with van der Waals surface area (Å²) in [7, 11) is 0. The number of rotatable bonds is 8. The maximum atomic E-state index is 4.60. The highest BCUT2D eigenvalue weighted by molar-refractivity contribution is 5.23. The maximum absolute atomic E-state index is 4.60. The van der Waals surface area contributed by atoms with Crippen LogP contribution in [0.2, 0.25) is 0 Å². The van der Waals surface area contributed by atoms with Crippen LogP contribution >= 0.6 is 0 Å². The molecule has 0 fully saturated rings. The molecule has 2 aromatic rings. The van der Waals surface area contributed by atoms with Gasteiger partial charge in [0.2, 0.25) is 0 Å². The number of likely N-dealkylation sites (N-methyl/N-ethyl adjacent to an activating group) is 1. The van der Waals surface area contributed by atoms with Crippen LogP contribution in [0, 0.1) is 0 Å². The van der Waals surface area contributed by atoms with Gasteiger partial charge < -0.3 is 5.32 Å². The third-order valence-electron chi connectivity index (χ3n) is 3.61. The van der Waals surface area contributed by atoms with Crippen LogP contribution in [0.25, 0.3) is 0 Å². The zero-order valence-electron chi connectivity index (χ0n) is 13.2. The van der Waals surface area contributed by atoms with E-state index >= 15 is 0 Å². The Balaban J connectivity index is 2.24. The lowest BCUT2D eigenvalue weighted by molar-refractivity contribution is 0.488. The van der Waals surface area contributed by atoms with Crippen molar-refractivity contribution in [2.75, 3.05) is 6.54 Å². The fraction of sp³-hybridized carbons (Fsp3) is 0.562. The monoisotopic (exact) mass is 287 g/mol. The molecule has 0 spiro atoms. The van der Waals surface area contributed by atoms with Crippen molar-refractivity contribution in [1.29, 1.82) is 0 Å². The van der Waals surface area contributed by atoms with E-state index in [4.69, 9.17) is 0 Å². The molecule has 0 saturated heterocycles. The maximum Gasteiger partial charge on any atom is 0.138 e. The lowest BCUT2D eigenvalue weighted by atomic mass is 10.0. The first kappa shape index (κ1) is 15.6. The summed E-state index contributed by atoms with van der Waals surface area (Å²) in [5.74, 6) is 1.02. The van der Waals surface area contributed by atoms with E-state index in [9.17, 15) is 0 Å². The fourth-order valence-electron chi connectivity index (χ4n) is 2.60. The second kappa shape index (κ2) is 7.88. The van der Waals surface area contributed by atoms with Gasteiger partial charge in [-0.2, -0.15) is 5.10 Å². The number of nitrogens with one attached hydrogen (secondary N) is 1. The van der Waals surface area contributed by atoms with Crippen molar-refractivity contribution in [3.63, 3.8) is 0 Å². The second-order valence-electron chi connectivity index (χ2n) is 5.12. The molecule has 0 aliphatic carbocycles. The lowest BCUT2D eigenvalue weighted by Gasteiger charge is -2.19. The third kappa shape index (κ3) is 3.88. The Morgan fingerprint density at radius 1 is 1.24 bits per heavy atom. The summed E-state index contributed by atoms with van der Waals surface area (Å²) < 4.78 is 2.00. The molecule has 2 rings (SSSR count). The van der Waals surface area contributed by atoms with Crippen LogP contribution in [0.15, 0.2) is 24.7 Å². The van der Waals surface area contributed by atoms with Crippen LogP contribution in [0.1, 0.15) is 50.3 Å². The van der Waals surface area contributed by atoms with Crippen LogP contribution < -0.4 is 5.32 Å². The third-order valence-corrected chi connectivity index (χ3v) is 3.61. The average Bonchev–Trinajstić information content (AvgIpc) is 2.94. The SMILES string of the molecule is CCCn1ncnc1CC(NCC)c1ncccc1CC. The average molecular weight is 287 g/mol. The van der Waals surface area contributed by atoms with Gasteiger partial charge in [-0.15, -0.1) is 0 Å². The molecule has 0 bridgehead atoms. The quantitative estimate of drug-likeness (QED) is 0.810. The van der Waals surface area contributed by atoms with Gasteiger partial charge in [0.05, 0.1) is 11.7 Å². The summed E-state index contributed by atoms with van der Waals surface area (Å²) in [5.41, 5.74) is 2.43. The van der Waals surface area contributed by atoms with E-state index < -0.39 is 0 Å². The lowest BCUT2D eigenvalue weighted by Crippen LogP contribution is -2.26. The predicted molar refractivity (Wildman–Crippen MR) is 84.0 cm³/mol. The molecule has 5 nitrogen and oxygen atoms in total. The van der Waals surface area contributed by atoms with E-state index in [0.29, 0.717) is 0 Å². The first-order chi connectivity index (χ1) is 10.3. The summed E-state index contributed by atoms with van der Waals surface area (Å²) in [5, 5.41) is 7.85. The first-order valence-corrected chi connectivity index (χ1v) is 7.83. The molecular weight excluding hydrogens is 262 g/mol. The van der Waals surface area contributed by atoms with Crippen molar-refractivity contribution >= 4 is 0 Å². The van der Waals surface area contributed by atoms with Crippen molar-refractivity contribution in [3.05, 3.63) is 41.7 Å². The zero-order valence-corrected chi connectivity index (χ0v) is 13.2. The van der Waals surface area contributed by atoms with E-state index in [1.165, 1.54) is 5.56 Å². The minimum atomic E-state index is 0.186. The highest BCUT2D eigenvalue weighted by Gasteiger charge is 2.18. The number of hydrogen-bond acceptors (Lipinski definition) is 4. The Hall–Kier alpha value is -1.75. The van der Waals surface area contributed by atoms with E-state index in [0.717, 1.165) is 43.9 Å². The van der Waals surface area contributed by atoms with Gasteiger partial charge in [0, 0.05) is 19.2 Å². The van der Waals surface area contributed by atoms with Gasteiger partial charge >= 0.3 is 0 Å². The van der Waals surface area contributed by atoms with Crippen molar-refractivity contribution < 1.29 is 0 Å². The number of nitrogens with zero attached hydrogens (tertiary/aromatic N) is 4. The summed E-state index contributed by atoms with van der Waals surface area (Å²) in [6.45, 7) is 8.27. The molecule has 0 saturated carbocycles. The molecule has 114 valence electrons. The predicted octanol–water partition coefficient (Wildman–Crippen LogP) is 2.54. The summed E-state index contributed by atoms with van der Waals surface area (Å²) in [6, 6.07) is 4.35. The minimum absolute atomic E-state index is 0.186. The molecule has 0 aliphatic rings. The van der Waals surface area contributed by atoms with E-state index in [-0.39, 0.29) is 6.04 Å². The Labute approximate surface area is 126 Å². The fourth-order valence-corrected chi connectivity index (χ4v) is 2.60. The van der Waals surface area contributed by atoms with Gasteiger partial charge in [0.25, 0.3) is 0 Å². The van der Waals surface area contributed by atoms with E-state index in [2.05, 4.69) is 47.2 Å².